The van der Waals surface area contributed by atoms with Gasteiger partial charge in [-0.1, -0.05) is 6.42 Å². The molecule has 19 heavy (non-hydrogen) atoms. The Balaban J connectivity index is 2.64. The van der Waals surface area contributed by atoms with Crippen molar-refractivity contribution in [3.05, 3.63) is 0 Å². The first-order valence-electron chi connectivity index (χ1n) is 6.37. The summed E-state index contributed by atoms with van der Waals surface area (Å²) in [6.07, 6.45) is -3.23. The largest absolute Gasteiger partial charge is 0.391 e. The average molecular weight is 320 g/mol. The van der Waals surface area contributed by atoms with Gasteiger partial charge in [0.05, 0.1) is 5.92 Å². The molecule has 1 rings (SSSR count). The Labute approximate surface area is 121 Å². The van der Waals surface area contributed by atoms with Crippen molar-refractivity contribution >= 4 is 29.1 Å². The summed E-state index contributed by atoms with van der Waals surface area (Å²) in [5, 5.41) is 0. The standard InChI is InChI=1S/C12H18Cl2F3NO/c13-4-6-18(7-5-14)11(19)9-2-1-3-10(8-9)12(15,16)17/h9-10H,1-8H2. The lowest BCUT2D eigenvalue weighted by molar-refractivity contribution is -0.187. The predicted molar refractivity (Wildman–Crippen MR) is 69.5 cm³/mol. The molecule has 2 atom stereocenters. The fraction of sp³-hybridized carbons (Fsp3) is 0.917. The summed E-state index contributed by atoms with van der Waals surface area (Å²) in [5.74, 6) is -1.62. The molecule has 7 heteroatoms. The highest BCUT2D eigenvalue weighted by Crippen LogP contribution is 2.40. The second kappa shape index (κ2) is 7.58. The zero-order valence-corrected chi connectivity index (χ0v) is 12.1. The van der Waals surface area contributed by atoms with Crippen LogP contribution in [0.25, 0.3) is 0 Å². The van der Waals surface area contributed by atoms with Gasteiger partial charge in [-0.05, 0) is 19.3 Å². The van der Waals surface area contributed by atoms with Gasteiger partial charge in [-0.2, -0.15) is 13.2 Å². The van der Waals surface area contributed by atoms with Gasteiger partial charge in [-0.25, -0.2) is 0 Å². The maximum atomic E-state index is 12.7. The van der Waals surface area contributed by atoms with Crippen LogP contribution in [-0.4, -0.2) is 41.8 Å². The highest BCUT2D eigenvalue weighted by Gasteiger charge is 2.44. The molecule has 0 spiro atoms. The van der Waals surface area contributed by atoms with E-state index in [1.807, 2.05) is 0 Å². The van der Waals surface area contributed by atoms with E-state index in [1.165, 1.54) is 4.90 Å². The number of carbonyl (C=O) groups is 1. The molecule has 1 aliphatic rings. The fourth-order valence-corrected chi connectivity index (χ4v) is 2.91. The molecule has 2 unspecified atom stereocenters. The van der Waals surface area contributed by atoms with E-state index in [9.17, 15) is 18.0 Å². The first kappa shape index (κ1) is 16.9. The SMILES string of the molecule is O=C(C1CCCC(C(F)(F)F)C1)N(CCCl)CCCl. The number of carbonyl (C=O) groups excluding carboxylic acids is 1. The molecular weight excluding hydrogens is 302 g/mol. The smallest absolute Gasteiger partial charge is 0.340 e. The van der Waals surface area contributed by atoms with Gasteiger partial charge in [-0.15, -0.1) is 23.2 Å². The summed E-state index contributed by atoms with van der Waals surface area (Å²) in [7, 11) is 0. The Morgan fingerprint density at radius 1 is 1.16 bits per heavy atom. The Morgan fingerprint density at radius 3 is 2.21 bits per heavy atom. The van der Waals surface area contributed by atoms with Crippen molar-refractivity contribution in [2.24, 2.45) is 11.8 Å². The lowest BCUT2D eigenvalue weighted by Crippen LogP contribution is -2.42. The third-order valence-electron chi connectivity index (χ3n) is 3.51. The summed E-state index contributed by atoms with van der Waals surface area (Å²) < 4.78 is 38.1. The third-order valence-corrected chi connectivity index (χ3v) is 3.84. The maximum absolute atomic E-state index is 12.7. The van der Waals surface area contributed by atoms with E-state index in [2.05, 4.69) is 0 Å². The normalized spacial score (nSPS) is 24.3. The molecule has 0 N–H and O–H groups in total. The number of amides is 1. The van der Waals surface area contributed by atoms with Gasteiger partial charge in [0.2, 0.25) is 5.91 Å². The molecule has 1 saturated carbocycles. The van der Waals surface area contributed by atoms with E-state index >= 15 is 0 Å². The van der Waals surface area contributed by atoms with Gasteiger partial charge < -0.3 is 4.90 Å². The molecule has 112 valence electrons. The molecule has 2 nitrogen and oxygen atoms in total. The molecular formula is C12H18Cl2F3NO. The lowest BCUT2D eigenvalue weighted by Gasteiger charge is -2.33. The first-order chi connectivity index (χ1) is 8.90. The Bertz CT molecular complexity index is 293. The minimum atomic E-state index is -4.21. The Kier molecular flexibility index (Phi) is 6.74. The van der Waals surface area contributed by atoms with Crippen LogP contribution in [0.1, 0.15) is 25.7 Å². The minimum absolute atomic E-state index is 0.108. The van der Waals surface area contributed by atoms with Crippen molar-refractivity contribution in [1.29, 1.82) is 0 Å². The van der Waals surface area contributed by atoms with Crippen LogP contribution in [0.15, 0.2) is 0 Å². The number of rotatable bonds is 5. The molecule has 0 saturated heterocycles. The van der Waals surface area contributed by atoms with Crippen molar-refractivity contribution < 1.29 is 18.0 Å². The summed E-state index contributed by atoms with van der Waals surface area (Å²) in [6, 6.07) is 0. The van der Waals surface area contributed by atoms with Gasteiger partial charge in [0.15, 0.2) is 0 Å². The highest BCUT2D eigenvalue weighted by molar-refractivity contribution is 6.18. The van der Waals surface area contributed by atoms with Crippen LogP contribution >= 0.6 is 23.2 Å². The number of nitrogens with zero attached hydrogens (tertiary/aromatic N) is 1. The van der Waals surface area contributed by atoms with Crippen LogP contribution in [0.4, 0.5) is 13.2 Å². The van der Waals surface area contributed by atoms with Gasteiger partial charge >= 0.3 is 6.18 Å². The van der Waals surface area contributed by atoms with Crippen molar-refractivity contribution in [3.63, 3.8) is 0 Å². The number of hydrogen-bond acceptors (Lipinski definition) is 1. The van der Waals surface area contributed by atoms with Crippen LogP contribution < -0.4 is 0 Å². The number of hydrogen-bond donors (Lipinski definition) is 0. The molecule has 1 fully saturated rings. The third kappa shape index (κ3) is 5.03. The summed E-state index contributed by atoms with van der Waals surface area (Å²) >= 11 is 11.2. The monoisotopic (exact) mass is 319 g/mol. The van der Waals surface area contributed by atoms with E-state index in [4.69, 9.17) is 23.2 Å². The van der Waals surface area contributed by atoms with Crippen molar-refractivity contribution in [2.75, 3.05) is 24.8 Å². The fourth-order valence-electron chi connectivity index (χ4n) is 2.51. The first-order valence-corrected chi connectivity index (χ1v) is 7.44. The zero-order valence-electron chi connectivity index (χ0n) is 10.6. The molecule has 0 aromatic rings. The van der Waals surface area contributed by atoms with Crippen molar-refractivity contribution in [3.8, 4) is 0 Å². The van der Waals surface area contributed by atoms with Gasteiger partial charge in [0, 0.05) is 30.8 Å². The Morgan fingerprint density at radius 2 is 1.74 bits per heavy atom. The van der Waals surface area contributed by atoms with Crippen LogP contribution in [0.5, 0.6) is 0 Å². The summed E-state index contributed by atoms with van der Waals surface area (Å²) in [5.41, 5.74) is 0. The van der Waals surface area contributed by atoms with Gasteiger partial charge in [0.25, 0.3) is 0 Å². The average Bonchev–Trinajstić information content (AvgIpc) is 2.37. The van der Waals surface area contributed by atoms with Crippen molar-refractivity contribution in [2.45, 2.75) is 31.9 Å². The zero-order chi connectivity index (χ0) is 14.5. The minimum Gasteiger partial charge on any atom is -0.340 e. The molecule has 0 heterocycles. The molecule has 0 aliphatic heterocycles. The molecule has 0 aromatic heterocycles. The lowest BCUT2D eigenvalue weighted by atomic mass is 9.80. The van der Waals surface area contributed by atoms with Gasteiger partial charge in [-0.3, -0.25) is 4.79 Å². The quantitative estimate of drug-likeness (QED) is 0.708. The molecule has 0 radical (unpaired) electrons. The highest BCUT2D eigenvalue weighted by atomic mass is 35.5. The van der Waals surface area contributed by atoms with Crippen LogP contribution in [-0.2, 0) is 4.79 Å². The van der Waals surface area contributed by atoms with E-state index in [-0.39, 0.29) is 30.5 Å². The number of halogens is 5. The van der Waals surface area contributed by atoms with Crippen LogP contribution in [0.2, 0.25) is 0 Å². The predicted octanol–water partition coefficient (Wildman–Crippen LogP) is 3.66. The topological polar surface area (TPSA) is 20.3 Å². The number of alkyl halides is 5. The van der Waals surface area contributed by atoms with E-state index in [0.717, 1.165) is 0 Å². The van der Waals surface area contributed by atoms with Crippen LogP contribution in [0, 0.1) is 11.8 Å². The molecule has 1 aliphatic carbocycles. The second-order valence-corrected chi connectivity index (χ2v) is 5.56. The molecule has 0 bridgehead atoms. The van der Waals surface area contributed by atoms with E-state index < -0.39 is 18.0 Å². The molecule has 0 aromatic carbocycles. The Hall–Kier alpha value is -0.160. The second-order valence-electron chi connectivity index (χ2n) is 4.81. The van der Waals surface area contributed by atoms with Crippen LogP contribution in [0.3, 0.4) is 0 Å². The van der Waals surface area contributed by atoms with E-state index in [1.54, 1.807) is 0 Å². The van der Waals surface area contributed by atoms with Gasteiger partial charge in [0.1, 0.15) is 0 Å². The maximum Gasteiger partial charge on any atom is 0.391 e. The summed E-state index contributed by atoms with van der Waals surface area (Å²) in [4.78, 5) is 13.7. The molecule has 1 amide bonds. The van der Waals surface area contributed by atoms with Crippen molar-refractivity contribution in [1.82, 2.24) is 4.90 Å². The summed E-state index contributed by atoms with van der Waals surface area (Å²) in [6.45, 7) is 0.667. The van der Waals surface area contributed by atoms with E-state index in [0.29, 0.717) is 25.9 Å².